The van der Waals surface area contributed by atoms with Gasteiger partial charge in [-0.3, -0.25) is 9.69 Å². The molecule has 1 aromatic rings. The molecule has 0 spiro atoms. The lowest BCUT2D eigenvalue weighted by atomic mass is 9.91. The Labute approximate surface area is 116 Å². The van der Waals surface area contributed by atoms with Crippen LogP contribution in [0.2, 0.25) is 0 Å². The van der Waals surface area contributed by atoms with Gasteiger partial charge in [-0.15, -0.1) is 0 Å². The van der Waals surface area contributed by atoms with E-state index in [0.29, 0.717) is 12.2 Å². The summed E-state index contributed by atoms with van der Waals surface area (Å²) in [5.74, 6) is 0.331. The Bertz CT molecular complexity index is 470. The number of ketones is 1. The number of carbonyl (C=O) groups is 1. The van der Waals surface area contributed by atoms with Crippen LogP contribution in [0.1, 0.15) is 43.4 Å². The van der Waals surface area contributed by atoms with Gasteiger partial charge in [0.05, 0.1) is 5.54 Å². The van der Waals surface area contributed by atoms with E-state index in [0.717, 1.165) is 18.7 Å². The fraction of sp³-hybridized carbons (Fsp3) is 0.588. The molecule has 1 aliphatic heterocycles. The van der Waals surface area contributed by atoms with Gasteiger partial charge >= 0.3 is 0 Å². The molecule has 0 unspecified atom stereocenters. The maximum atomic E-state index is 12.6. The normalized spacial score (nSPS) is 16.8. The highest BCUT2D eigenvalue weighted by atomic mass is 16.1. The number of likely N-dealkylation sites (tertiary alicyclic amines) is 1. The second kappa shape index (κ2) is 5.46. The van der Waals surface area contributed by atoms with Gasteiger partial charge in [0.1, 0.15) is 0 Å². The van der Waals surface area contributed by atoms with Gasteiger partial charge in [-0.25, -0.2) is 0 Å². The summed E-state index contributed by atoms with van der Waals surface area (Å²) in [7, 11) is 0. The van der Waals surface area contributed by atoms with Gasteiger partial charge < -0.3 is 0 Å². The largest absolute Gasteiger partial charge is 0.297 e. The van der Waals surface area contributed by atoms with Gasteiger partial charge in [0.25, 0.3) is 0 Å². The Kier molecular flexibility index (Phi) is 4.10. The smallest absolute Gasteiger partial charge is 0.156 e. The van der Waals surface area contributed by atoms with Gasteiger partial charge in [0.15, 0.2) is 5.78 Å². The van der Waals surface area contributed by atoms with Crippen LogP contribution >= 0.6 is 0 Å². The molecule has 2 heteroatoms. The van der Waals surface area contributed by atoms with E-state index in [9.17, 15) is 4.79 Å². The van der Waals surface area contributed by atoms with E-state index < -0.39 is 0 Å². The number of rotatable bonds is 4. The van der Waals surface area contributed by atoms with E-state index in [-0.39, 0.29) is 5.54 Å². The van der Waals surface area contributed by atoms with E-state index in [2.05, 4.69) is 50.8 Å². The Balaban J connectivity index is 2.09. The minimum absolute atomic E-state index is 0.324. The van der Waals surface area contributed by atoms with Crippen LogP contribution in [-0.2, 0) is 11.2 Å². The molecule has 104 valence electrons. The molecule has 2 rings (SSSR count). The van der Waals surface area contributed by atoms with Crippen LogP contribution < -0.4 is 0 Å². The third-order valence-electron chi connectivity index (χ3n) is 4.52. The Morgan fingerprint density at radius 1 is 1.16 bits per heavy atom. The van der Waals surface area contributed by atoms with Gasteiger partial charge in [-0.05, 0) is 70.3 Å². The van der Waals surface area contributed by atoms with Crippen molar-refractivity contribution in [2.75, 3.05) is 13.1 Å². The zero-order valence-electron chi connectivity index (χ0n) is 12.6. The molecule has 1 aromatic carbocycles. The minimum atomic E-state index is -0.324. The van der Waals surface area contributed by atoms with Crippen molar-refractivity contribution in [2.24, 2.45) is 0 Å². The zero-order valence-corrected chi connectivity index (χ0v) is 12.6. The summed E-state index contributed by atoms with van der Waals surface area (Å²) in [6, 6.07) is 6.34. The topological polar surface area (TPSA) is 20.3 Å². The van der Waals surface area contributed by atoms with E-state index in [1.54, 1.807) is 0 Å². The number of benzene rings is 1. The number of Topliss-reactive ketones (excluding diaryl/α,β-unsaturated/α-hetero) is 1. The SMILES string of the molecule is Cc1ccc(CC(=O)C(C)(C)N2CCCC2)cc1C. The van der Waals surface area contributed by atoms with Gasteiger partial charge in [0.2, 0.25) is 0 Å². The van der Waals surface area contributed by atoms with Crippen LogP contribution in [0.5, 0.6) is 0 Å². The van der Waals surface area contributed by atoms with Gasteiger partial charge in [-0.2, -0.15) is 0 Å². The van der Waals surface area contributed by atoms with Crippen molar-refractivity contribution < 1.29 is 4.79 Å². The number of hydrogen-bond donors (Lipinski definition) is 0. The average molecular weight is 259 g/mol. The predicted octanol–water partition coefficient (Wildman–Crippen LogP) is 3.29. The van der Waals surface area contributed by atoms with E-state index in [1.807, 2.05) is 0 Å². The van der Waals surface area contributed by atoms with E-state index in [4.69, 9.17) is 0 Å². The average Bonchev–Trinajstić information content (AvgIpc) is 2.88. The third kappa shape index (κ3) is 3.06. The number of nitrogens with zero attached hydrogens (tertiary/aromatic N) is 1. The number of hydrogen-bond acceptors (Lipinski definition) is 2. The zero-order chi connectivity index (χ0) is 14.0. The van der Waals surface area contributed by atoms with E-state index >= 15 is 0 Å². The van der Waals surface area contributed by atoms with Crippen molar-refractivity contribution in [1.82, 2.24) is 4.90 Å². The van der Waals surface area contributed by atoms with Gasteiger partial charge in [-0.1, -0.05) is 18.2 Å². The molecule has 0 bridgehead atoms. The highest BCUT2D eigenvalue weighted by Crippen LogP contribution is 2.23. The van der Waals surface area contributed by atoms with Crippen molar-refractivity contribution in [3.63, 3.8) is 0 Å². The number of carbonyl (C=O) groups excluding carboxylic acids is 1. The van der Waals surface area contributed by atoms with Crippen LogP contribution in [0.25, 0.3) is 0 Å². The molecule has 19 heavy (non-hydrogen) atoms. The first kappa shape index (κ1) is 14.3. The first-order valence-electron chi connectivity index (χ1n) is 7.26. The summed E-state index contributed by atoms with van der Waals surface area (Å²) >= 11 is 0. The summed E-state index contributed by atoms with van der Waals surface area (Å²) in [5, 5.41) is 0. The molecule has 0 aliphatic carbocycles. The summed E-state index contributed by atoms with van der Waals surface area (Å²) in [6.07, 6.45) is 2.99. The van der Waals surface area contributed by atoms with Crippen LogP contribution in [0.15, 0.2) is 18.2 Å². The molecule has 1 fully saturated rings. The molecule has 0 saturated carbocycles. The van der Waals surface area contributed by atoms with Crippen molar-refractivity contribution >= 4 is 5.78 Å². The molecular formula is C17H25NO. The van der Waals surface area contributed by atoms with Crippen LogP contribution in [-0.4, -0.2) is 29.3 Å². The lowest BCUT2D eigenvalue weighted by molar-refractivity contribution is -0.128. The second-order valence-corrected chi connectivity index (χ2v) is 6.27. The molecule has 0 N–H and O–H groups in total. The quantitative estimate of drug-likeness (QED) is 0.827. The standard InChI is InChI=1S/C17H25NO/c1-13-7-8-15(11-14(13)2)12-16(19)17(3,4)18-9-5-6-10-18/h7-8,11H,5-6,9-10,12H2,1-4H3. The fourth-order valence-electron chi connectivity index (χ4n) is 2.77. The summed E-state index contributed by atoms with van der Waals surface area (Å²) in [5.41, 5.74) is 3.37. The molecule has 0 amide bonds. The van der Waals surface area contributed by atoms with Crippen molar-refractivity contribution in [3.05, 3.63) is 34.9 Å². The molecule has 0 radical (unpaired) electrons. The first-order valence-corrected chi connectivity index (χ1v) is 7.26. The summed E-state index contributed by atoms with van der Waals surface area (Å²) in [6.45, 7) is 10.5. The fourth-order valence-corrected chi connectivity index (χ4v) is 2.77. The molecule has 1 saturated heterocycles. The second-order valence-electron chi connectivity index (χ2n) is 6.27. The third-order valence-corrected chi connectivity index (χ3v) is 4.52. The van der Waals surface area contributed by atoms with E-state index in [1.165, 1.54) is 24.0 Å². The van der Waals surface area contributed by atoms with Crippen LogP contribution in [0, 0.1) is 13.8 Å². The van der Waals surface area contributed by atoms with Gasteiger partial charge in [0, 0.05) is 6.42 Å². The highest BCUT2D eigenvalue weighted by Gasteiger charge is 2.35. The van der Waals surface area contributed by atoms with Crippen LogP contribution in [0.4, 0.5) is 0 Å². The lowest BCUT2D eigenvalue weighted by Gasteiger charge is -2.34. The molecule has 1 aliphatic rings. The molecule has 0 atom stereocenters. The van der Waals surface area contributed by atoms with Crippen LogP contribution in [0.3, 0.4) is 0 Å². The Morgan fingerprint density at radius 2 is 1.79 bits per heavy atom. The Morgan fingerprint density at radius 3 is 2.37 bits per heavy atom. The predicted molar refractivity (Wildman–Crippen MR) is 79.5 cm³/mol. The molecular weight excluding hydrogens is 234 g/mol. The molecule has 1 heterocycles. The summed E-state index contributed by atoms with van der Waals surface area (Å²) < 4.78 is 0. The summed E-state index contributed by atoms with van der Waals surface area (Å²) in [4.78, 5) is 14.9. The Hall–Kier alpha value is -1.15. The minimum Gasteiger partial charge on any atom is -0.297 e. The number of aryl methyl sites for hydroxylation is 2. The molecule has 2 nitrogen and oxygen atoms in total. The highest BCUT2D eigenvalue weighted by molar-refractivity contribution is 5.89. The van der Waals surface area contributed by atoms with Crippen molar-refractivity contribution in [3.8, 4) is 0 Å². The molecule has 0 aromatic heterocycles. The lowest BCUT2D eigenvalue weighted by Crippen LogP contribution is -2.49. The van der Waals surface area contributed by atoms with Crippen molar-refractivity contribution in [2.45, 2.75) is 52.5 Å². The monoisotopic (exact) mass is 259 g/mol. The maximum Gasteiger partial charge on any atom is 0.156 e. The van der Waals surface area contributed by atoms with Crippen molar-refractivity contribution in [1.29, 1.82) is 0 Å². The first-order chi connectivity index (χ1) is 8.91. The maximum absolute atomic E-state index is 12.6.